The van der Waals surface area contributed by atoms with Crippen molar-refractivity contribution in [2.75, 3.05) is 26.4 Å². The van der Waals surface area contributed by atoms with Crippen molar-refractivity contribution < 1.29 is 89.0 Å². The fraction of sp³-hybridized carbons (Fsp3) is 0.769. The zero-order valence-corrected chi connectivity index (χ0v) is 23.1. The highest BCUT2D eigenvalue weighted by atomic mass is 16.8. The second-order valence-electron chi connectivity index (χ2n) is 10.9. The van der Waals surface area contributed by atoms with Crippen molar-refractivity contribution in [3.05, 3.63) is 24.3 Å². The largest absolute Gasteiger partial charge is 0.504 e. The number of aliphatic hydroxyl groups is 9. The number of phenols is 1. The first-order chi connectivity index (χ1) is 21.0. The van der Waals surface area contributed by atoms with Gasteiger partial charge in [-0.1, -0.05) is 12.1 Å². The van der Waals surface area contributed by atoms with Crippen LogP contribution in [-0.4, -0.2) is 176 Å². The minimum atomic E-state index is -1.73. The van der Waals surface area contributed by atoms with Gasteiger partial charge in [-0.3, -0.25) is 0 Å². The second-order valence-corrected chi connectivity index (χ2v) is 10.9. The predicted molar refractivity (Wildman–Crippen MR) is 136 cm³/mol. The van der Waals surface area contributed by atoms with Crippen LogP contribution in [0.4, 0.5) is 0 Å². The van der Waals surface area contributed by atoms with Crippen LogP contribution in [0.1, 0.15) is 0 Å². The van der Waals surface area contributed by atoms with Gasteiger partial charge < -0.3 is 89.0 Å². The Labute approximate surface area is 250 Å². The number of hydrogen-bond acceptors (Lipinski definition) is 18. The van der Waals surface area contributed by atoms with Gasteiger partial charge in [-0.15, -0.1) is 0 Å². The standard InChI is InChI=1S/C26H38O18/c27-9-3-1-2-4-11(9)41-24-20(34)16(30)13(6-38-24)43-26-22(36)18(32)14(8-40-26)44-25-21(35)17(31)12(7-39-25)42-23-19(33)15(29)10(28)5-37-23/h1-4,10,12-36H,5-8H2/t10-,12-,13-,14-,15+,16+,17+,18+,19-,20-,21-,22-,23+,24+,25+,26+/m1/s1. The molecule has 0 aliphatic carbocycles. The Bertz CT molecular complexity index is 1070. The van der Waals surface area contributed by atoms with Crippen molar-refractivity contribution in [2.45, 2.75) is 98.4 Å². The van der Waals surface area contributed by atoms with Crippen molar-refractivity contribution >= 4 is 0 Å². The Morgan fingerprint density at radius 2 is 0.864 bits per heavy atom. The molecule has 0 spiro atoms. The third-order valence-electron chi connectivity index (χ3n) is 7.79. The van der Waals surface area contributed by atoms with Crippen LogP contribution in [0.3, 0.4) is 0 Å². The maximum absolute atomic E-state index is 10.7. The number of ether oxygens (including phenoxy) is 8. The van der Waals surface area contributed by atoms with Crippen molar-refractivity contribution in [3.63, 3.8) is 0 Å². The van der Waals surface area contributed by atoms with Crippen LogP contribution in [0.5, 0.6) is 11.5 Å². The Balaban J connectivity index is 1.09. The number of aromatic hydroxyl groups is 1. The van der Waals surface area contributed by atoms with Gasteiger partial charge >= 0.3 is 0 Å². The van der Waals surface area contributed by atoms with E-state index in [-0.39, 0.29) is 37.9 Å². The SMILES string of the molecule is Oc1ccccc1O[C@@H]1OC[C@@H](O[C@@H]2OC[C@@H](O[C@@H]3OC[C@@H](O[C@@H]4OC[C@@H](O)[C@H](O)[C@H]4O)[C@H](O)[C@H]3O)[C@H](O)[C@H]2O)[C@H](O)[C@H]1O. The molecule has 18 heteroatoms. The monoisotopic (exact) mass is 638 g/mol. The zero-order valence-electron chi connectivity index (χ0n) is 23.1. The highest BCUT2D eigenvalue weighted by Gasteiger charge is 2.49. The molecule has 5 rings (SSSR count). The first kappa shape index (κ1) is 33.5. The molecular weight excluding hydrogens is 600 g/mol. The predicted octanol–water partition coefficient (Wildman–Crippen LogP) is -5.40. The van der Waals surface area contributed by atoms with E-state index in [1.807, 2.05) is 0 Å². The van der Waals surface area contributed by atoms with E-state index in [1.165, 1.54) is 12.1 Å². The molecule has 0 bridgehead atoms. The van der Waals surface area contributed by atoms with Gasteiger partial charge in [0.2, 0.25) is 6.29 Å². The van der Waals surface area contributed by atoms with Gasteiger partial charge in [-0.2, -0.15) is 0 Å². The number of para-hydroxylation sites is 2. The van der Waals surface area contributed by atoms with Crippen molar-refractivity contribution in [1.82, 2.24) is 0 Å². The van der Waals surface area contributed by atoms with E-state index in [0.29, 0.717) is 0 Å². The third kappa shape index (κ3) is 7.10. The van der Waals surface area contributed by atoms with Crippen LogP contribution >= 0.6 is 0 Å². The van der Waals surface area contributed by atoms with Gasteiger partial charge in [-0.05, 0) is 12.1 Å². The summed E-state index contributed by atoms with van der Waals surface area (Å²) in [4.78, 5) is 0. The molecule has 10 N–H and O–H groups in total. The van der Waals surface area contributed by atoms with Crippen LogP contribution in [0.2, 0.25) is 0 Å². The van der Waals surface area contributed by atoms with Crippen LogP contribution in [-0.2, 0) is 33.2 Å². The Morgan fingerprint density at radius 3 is 1.34 bits per heavy atom. The summed E-state index contributed by atoms with van der Waals surface area (Å²) in [6, 6.07) is 5.96. The van der Waals surface area contributed by atoms with E-state index in [4.69, 9.17) is 37.9 Å². The highest BCUT2D eigenvalue weighted by molar-refractivity contribution is 5.38. The number of aliphatic hydroxyl groups excluding tert-OH is 9. The molecule has 0 aromatic heterocycles. The minimum absolute atomic E-state index is 0.0172. The molecule has 0 saturated carbocycles. The van der Waals surface area contributed by atoms with Gasteiger partial charge in [-0.25, -0.2) is 0 Å². The van der Waals surface area contributed by atoms with E-state index in [9.17, 15) is 51.1 Å². The van der Waals surface area contributed by atoms with E-state index < -0.39 is 98.4 Å². The molecule has 0 radical (unpaired) electrons. The quantitative estimate of drug-likeness (QED) is 0.127. The summed E-state index contributed by atoms with van der Waals surface area (Å²) in [7, 11) is 0. The summed E-state index contributed by atoms with van der Waals surface area (Å²) in [6.07, 6.45) is -24.0. The highest BCUT2D eigenvalue weighted by Crippen LogP contribution is 2.31. The van der Waals surface area contributed by atoms with Gasteiger partial charge in [0, 0.05) is 0 Å². The lowest BCUT2D eigenvalue weighted by Gasteiger charge is -2.44. The van der Waals surface area contributed by atoms with Crippen molar-refractivity contribution in [3.8, 4) is 11.5 Å². The Kier molecular flexibility index (Phi) is 10.9. The normalized spacial score (nSPS) is 46.8. The molecule has 1 aromatic carbocycles. The molecule has 44 heavy (non-hydrogen) atoms. The third-order valence-corrected chi connectivity index (χ3v) is 7.79. The average molecular weight is 639 g/mol. The van der Waals surface area contributed by atoms with E-state index in [0.717, 1.165) is 0 Å². The van der Waals surface area contributed by atoms with Crippen LogP contribution < -0.4 is 4.74 Å². The van der Waals surface area contributed by atoms with Crippen LogP contribution in [0, 0.1) is 0 Å². The summed E-state index contributed by atoms with van der Waals surface area (Å²) in [5.41, 5.74) is 0. The molecule has 1 aromatic rings. The fourth-order valence-corrected chi connectivity index (χ4v) is 5.10. The lowest BCUT2D eigenvalue weighted by Crippen LogP contribution is -2.62. The molecule has 0 unspecified atom stereocenters. The smallest absolute Gasteiger partial charge is 0.229 e. The van der Waals surface area contributed by atoms with E-state index in [1.54, 1.807) is 12.1 Å². The zero-order chi connectivity index (χ0) is 31.7. The summed E-state index contributed by atoms with van der Waals surface area (Å²) in [5, 5.41) is 103. The second kappa shape index (κ2) is 14.3. The van der Waals surface area contributed by atoms with Crippen molar-refractivity contribution in [2.24, 2.45) is 0 Å². The van der Waals surface area contributed by atoms with Crippen molar-refractivity contribution in [1.29, 1.82) is 0 Å². The van der Waals surface area contributed by atoms with E-state index >= 15 is 0 Å². The molecule has 18 nitrogen and oxygen atoms in total. The van der Waals surface area contributed by atoms with Crippen LogP contribution in [0.15, 0.2) is 24.3 Å². The molecule has 4 heterocycles. The topological polar surface area (TPSA) is 276 Å². The van der Waals surface area contributed by atoms with E-state index in [2.05, 4.69) is 0 Å². The average Bonchev–Trinajstić information content (AvgIpc) is 3.01. The maximum atomic E-state index is 10.7. The van der Waals surface area contributed by atoms with Gasteiger partial charge in [0.05, 0.1) is 26.4 Å². The van der Waals surface area contributed by atoms with Gasteiger partial charge in [0.15, 0.2) is 30.4 Å². The summed E-state index contributed by atoms with van der Waals surface area (Å²) in [6.45, 7) is -1.41. The maximum Gasteiger partial charge on any atom is 0.229 e. The number of rotatable bonds is 8. The fourth-order valence-electron chi connectivity index (χ4n) is 5.10. The number of benzene rings is 1. The van der Waals surface area contributed by atoms with Gasteiger partial charge in [0.25, 0.3) is 0 Å². The molecule has 4 aliphatic heterocycles. The molecule has 4 saturated heterocycles. The lowest BCUT2D eigenvalue weighted by molar-refractivity contribution is -0.356. The first-order valence-electron chi connectivity index (χ1n) is 14.0. The molecule has 16 atom stereocenters. The Morgan fingerprint density at radius 1 is 0.477 bits per heavy atom. The summed E-state index contributed by atoms with van der Waals surface area (Å²) >= 11 is 0. The number of hydrogen-bond donors (Lipinski definition) is 10. The number of phenolic OH excluding ortho intramolecular Hbond substituents is 1. The summed E-state index contributed by atoms with van der Waals surface area (Å²) in [5.74, 6) is -0.186. The lowest BCUT2D eigenvalue weighted by atomic mass is 10.0. The minimum Gasteiger partial charge on any atom is -0.504 e. The molecule has 4 aliphatic rings. The molecule has 0 amide bonds. The molecule has 250 valence electrons. The molecular formula is C26H38O18. The first-order valence-corrected chi connectivity index (χ1v) is 14.0. The van der Waals surface area contributed by atoms with Gasteiger partial charge in [0.1, 0.15) is 73.2 Å². The molecule has 4 fully saturated rings. The van der Waals surface area contributed by atoms with Crippen LogP contribution in [0.25, 0.3) is 0 Å². The summed E-state index contributed by atoms with van der Waals surface area (Å²) < 4.78 is 43.5. The Hall–Kier alpha value is -1.82.